The van der Waals surface area contributed by atoms with Gasteiger partial charge in [-0.15, -0.1) is 0 Å². The molecule has 6 nitrogen and oxygen atoms in total. The van der Waals surface area contributed by atoms with Gasteiger partial charge in [-0.3, -0.25) is 0 Å². The molecule has 1 heterocycles. The minimum absolute atomic E-state index is 0.126. The maximum absolute atomic E-state index is 11.6. The summed E-state index contributed by atoms with van der Waals surface area (Å²) in [6, 6.07) is 15.0. The van der Waals surface area contributed by atoms with Crippen LogP contribution in [0.5, 0.6) is 5.75 Å². The van der Waals surface area contributed by atoms with Gasteiger partial charge in [0.2, 0.25) is 0 Å². The summed E-state index contributed by atoms with van der Waals surface area (Å²) in [5, 5.41) is 13.0. The van der Waals surface area contributed by atoms with Crippen molar-refractivity contribution in [3.63, 3.8) is 0 Å². The number of rotatable bonds is 4. The second kappa shape index (κ2) is 6.29. The number of phenolic OH excluding ortho intramolecular Hbond substituents is 1. The van der Waals surface area contributed by atoms with E-state index in [1.165, 1.54) is 18.5 Å². The summed E-state index contributed by atoms with van der Waals surface area (Å²) in [7, 11) is -3.28. The largest absolute Gasteiger partial charge is 0.507 e. The number of nitrogens with one attached hydrogen (secondary N) is 1. The van der Waals surface area contributed by atoms with Crippen LogP contribution in [0.3, 0.4) is 0 Å². The predicted octanol–water partition coefficient (Wildman–Crippen LogP) is 3.00. The topological polar surface area (TPSA) is 92.2 Å². The summed E-state index contributed by atoms with van der Waals surface area (Å²) in [6.07, 6.45) is 2.54. The molecule has 0 fully saturated rings. The summed E-state index contributed by atoms with van der Waals surface area (Å²) in [5.41, 5.74) is 1.75. The summed E-state index contributed by atoms with van der Waals surface area (Å²) in [6.45, 7) is 0. The predicted molar refractivity (Wildman–Crippen MR) is 92.0 cm³/mol. The number of anilines is 2. The molecule has 0 spiro atoms. The number of nitrogens with zero attached hydrogens (tertiary/aromatic N) is 2. The first kappa shape index (κ1) is 15.9. The zero-order chi connectivity index (χ0) is 17.2. The summed E-state index contributed by atoms with van der Waals surface area (Å²) >= 11 is 0. The lowest BCUT2D eigenvalue weighted by molar-refractivity contribution is 0.477. The number of sulfone groups is 1. The standard InChI is InChI=1S/C17H15N3O3S/c1-24(22,23)13-6-4-5-12(9-13)20-17-10-15(18-11-19-17)14-7-2-3-8-16(14)21/h2-11,21H,1H3,(H,18,19,20). The van der Waals surface area contributed by atoms with Gasteiger partial charge in [-0.1, -0.05) is 18.2 Å². The Morgan fingerprint density at radius 1 is 1.00 bits per heavy atom. The van der Waals surface area contributed by atoms with E-state index in [1.807, 2.05) is 0 Å². The molecule has 1 aromatic heterocycles. The lowest BCUT2D eigenvalue weighted by Gasteiger charge is -2.09. The zero-order valence-electron chi connectivity index (χ0n) is 12.8. The molecule has 24 heavy (non-hydrogen) atoms. The summed E-state index contributed by atoms with van der Waals surface area (Å²) in [4.78, 5) is 8.51. The number of phenols is 1. The summed E-state index contributed by atoms with van der Waals surface area (Å²) in [5.74, 6) is 0.620. The van der Waals surface area contributed by atoms with Crippen LogP contribution < -0.4 is 5.32 Å². The van der Waals surface area contributed by atoms with Crippen molar-refractivity contribution < 1.29 is 13.5 Å². The van der Waals surface area contributed by atoms with Crippen LogP contribution in [0.15, 0.2) is 65.8 Å². The van der Waals surface area contributed by atoms with Crippen molar-refractivity contribution in [1.82, 2.24) is 9.97 Å². The Morgan fingerprint density at radius 3 is 2.54 bits per heavy atom. The van der Waals surface area contributed by atoms with E-state index in [0.717, 1.165) is 6.26 Å². The number of benzene rings is 2. The van der Waals surface area contributed by atoms with Gasteiger partial charge >= 0.3 is 0 Å². The fraction of sp³-hybridized carbons (Fsp3) is 0.0588. The van der Waals surface area contributed by atoms with Crippen LogP contribution in [-0.4, -0.2) is 29.7 Å². The highest BCUT2D eigenvalue weighted by molar-refractivity contribution is 7.90. The Hall–Kier alpha value is -2.93. The van der Waals surface area contributed by atoms with Crippen LogP contribution >= 0.6 is 0 Å². The molecule has 0 bridgehead atoms. The third-order valence-electron chi connectivity index (χ3n) is 3.38. The number of aromatic nitrogens is 2. The molecule has 0 radical (unpaired) electrons. The van der Waals surface area contributed by atoms with Crippen LogP contribution in [0.1, 0.15) is 0 Å². The van der Waals surface area contributed by atoms with Crippen molar-refractivity contribution in [2.45, 2.75) is 4.90 Å². The van der Waals surface area contributed by atoms with Gasteiger partial charge in [0, 0.05) is 23.6 Å². The Morgan fingerprint density at radius 2 is 1.79 bits per heavy atom. The van der Waals surface area contributed by atoms with Crippen molar-refractivity contribution in [3.8, 4) is 17.0 Å². The molecule has 0 saturated heterocycles. The first-order valence-corrected chi connectivity index (χ1v) is 9.00. The number of para-hydroxylation sites is 1. The van der Waals surface area contributed by atoms with E-state index in [0.29, 0.717) is 22.8 Å². The maximum Gasteiger partial charge on any atom is 0.175 e. The molecule has 0 amide bonds. The lowest BCUT2D eigenvalue weighted by Crippen LogP contribution is -1.99. The molecule has 3 rings (SSSR count). The number of aromatic hydroxyl groups is 1. The SMILES string of the molecule is CS(=O)(=O)c1cccc(Nc2cc(-c3ccccc3O)ncn2)c1. The second-order valence-corrected chi connectivity index (χ2v) is 7.25. The van der Waals surface area contributed by atoms with E-state index >= 15 is 0 Å². The average molecular weight is 341 g/mol. The highest BCUT2D eigenvalue weighted by Gasteiger charge is 2.09. The molecule has 0 atom stereocenters. The number of hydrogen-bond donors (Lipinski definition) is 2. The molecule has 0 unspecified atom stereocenters. The molecular weight excluding hydrogens is 326 g/mol. The van der Waals surface area contributed by atoms with Crippen molar-refractivity contribution in [2.75, 3.05) is 11.6 Å². The molecular formula is C17H15N3O3S. The van der Waals surface area contributed by atoms with Gasteiger partial charge in [0.1, 0.15) is 17.9 Å². The summed E-state index contributed by atoms with van der Waals surface area (Å²) < 4.78 is 23.3. The average Bonchev–Trinajstić information content (AvgIpc) is 2.55. The van der Waals surface area contributed by atoms with Crippen LogP contribution in [0.4, 0.5) is 11.5 Å². The van der Waals surface area contributed by atoms with Crippen LogP contribution in [0.25, 0.3) is 11.3 Å². The Labute approximate surface area is 139 Å². The van der Waals surface area contributed by atoms with Gasteiger partial charge in [0.15, 0.2) is 9.84 Å². The molecule has 122 valence electrons. The van der Waals surface area contributed by atoms with Gasteiger partial charge in [0.25, 0.3) is 0 Å². The molecule has 0 aliphatic heterocycles. The van der Waals surface area contributed by atoms with E-state index < -0.39 is 9.84 Å². The Bertz CT molecular complexity index is 988. The zero-order valence-corrected chi connectivity index (χ0v) is 13.7. The molecule has 0 aliphatic carbocycles. The fourth-order valence-electron chi connectivity index (χ4n) is 2.22. The minimum atomic E-state index is -3.28. The van der Waals surface area contributed by atoms with E-state index in [2.05, 4.69) is 15.3 Å². The minimum Gasteiger partial charge on any atom is -0.507 e. The van der Waals surface area contributed by atoms with E-state index in [9.17, 15) is 13.5 Å². The number of hydrogen-bond acceptors (Lipinski definition) is 6. The van der Waals surface area contributed by atoms with Gasteiger partial charge in [-0.2, -0.15) is 0 Å². The van der Waals surface area contributed by atoms with E-state index in [-0.39, 0.29) is 10.6 Å². The van der Waals surface area contributed by atoms with E-state index in [4.69, 9.17) is 0 Å². The highest BCUT2D eigenvalue weighted by Crippen LogP contribution is 2.28. The van der Waals surface area contributed by atoms with Crippen molar-refractivity contribution in [1.29, 1.82) is 0 Å². The molecule has 2 N–H and O–H groups in total. The third kappa shape index (κ3) is 3.52. The molecule has 2 aromatic carbocycles. The van der Waals surface area contributed by atoms with Gasteiger partial charge in [0.05, 0.1) is 10.6 Å². The molecule has 0 aliphatic rings. The normalized spacial score (nSPS) is 11.2. The van der Waals surface area contributed by atoms with Crippen molar-refractivity contribution >= 4 is 21.3 Å². The Balaban J connectivity index is 1.92. The van der Waals surface area contributed by atoms with Gasteiger partial charge < -0.3 is 10.4 Å². The van der Waals surface area contributed by atoms with Crippen molar-refractivity contribution in [2.24, 2.45) is 0 Å². The molecule has 0 saturated carbocycles. The quantitative estimate of drug-likeness (QED) is 0.758. The smallest absolute Gasteiger partial charge is 0.175 e. The molecule has 3 aromatic rings. The fourth-order valence-corrected chi connectivity index (χ4v) is 2.88. The third-order valence-corrected chi connectivity index (χ3v) is 4.49. The molecule has 7 heteroatoms. The van der Waals surface area contributed by atoms with Crippen LogP contribution in [0, 0.1) is 0 Å². The first-order chi connectivity index (χ1) is 11.4. The van der Waals surface area contributed by atoms with E-state index in [1.54, 1.807) is 42.5 Å². The Kier molecular flexibility index (Phi) is 4.18. The monoisotopic (exact) mass is 341 g/mol. The van der Waals surface area contributed by atoms with Crippen molar-refractivity contribution in [3.05, 3.63) is 60.9 Å². The first-order valence-electron chi connectivity index (χ1n) is 7.11. The maximum atomic E-state index is 11.6. The van der Waals surface area contributed by atoms with Crippen LogP contribution in [-0.2, 0) is 9.84 Å². The van der Waals surface area contributed by atoms with Gasteiger partial charge in [-0.25, -0.2) is 18.4 Å². The van der Waals surface area contributed by atoms with Gasteiger partial charge in [-0.05, 0) is 30.3 Å². The second-order valence-electron chi connectivity index (χ2n) is 5.23. The lowest BCUT2D eigenvalue weighted by atomic mass is 10.1. The van der Waals surface area contributed by atoms with Crippen LogP contribution in [0.2, 0.25) is 0 Å². The highest BCUT2D eigenvalue weighted by atomic mass is 32.2.